The van der Waals surface area contributed by atoms with Crippen LogP contribution in [0.5, 0.6) is 11.5 Å². The number of halogens is 5. The first-order valence-electron chi connectivity index (χ1n) is 7.40. The molecule has 140 valence electrons. The lowest BCUT2D eigenvalue weighted by Crippen LogP contribution is -2.32. The summed E-state index contributed by atoms with van der Waals surface area (Å²) in [6.07, 6.45) is -4.47. The number of benzene rings is 2. The molecule has 0 aliphatic heterocycles. The smallest absolute Gasteiger partial charge is 0.416 e. The maximum absolute atomic E-state index is 13.3. The quantitative estimate of drug-likeness (QED) is 0.595. The van der Waals surface area contributed by atoms with Crippen molar-refractivity contribution in [2.45, 2.75) is 6.18 Å². The van der Waals surface area contributed by atoms with Gasteiger partial charge < -0.3 is 14.8 Å². The Hall–Kier alpha value is -2.84. The van der Waals surface area contributed by atoms with E-state index in [1.165, 1.54) is 12.1 Å². The summed E-state index contributed by atoms with van der Waals surface area (Å²) in [6.45, 7) is -0.575. The highest BCUT2D eigenvalue weighted by Gasteiger charge is 2.30. The van der Waals surface area contributed by atoms with Crippen molar-refractivity contribution in [3.8, 4) is 11.5 Å². The number of nitrogens with one attached hydrogen (secondary N) is 1. The van der Waals surface area contributed by atoms with Crippen molar-refractivity contribution in [2.24, 2.45) is 0 Å². The lowest BCUT2D eigenvalue weighted by Gasteiger charge is -2.11. The molecule has 2 rings (SSSR count). The maximum Gasteiger partial charge on any atom is 0.416 e. The molecule has 1 amide bonds. The Bertz CT molecular complexity index is 764. The molecule has 0 aromatic heterocycles. The van der Waals surface area contributed by atoms with Gasteiger partial charge in [0.05, 0.1) is 12.1 Å². The first kappa shape index (κ1) is 19.5. The third-order valence-electron chi connectivity index (χ3n) is 3.11. The van der Waals surface area contributed by atoms with Crippen LogP contribution in [-0.2, 0) is 11.0 Å². The summed E-state index contributed by atoms with van der Waals surface area (Å²) in [6, 6.07) is 6.99. The van der Waals surface area contributed by atoms with Crippen molar-refractivity contribution in [3.05, 3.63) is 59.7 Å². The highest BCUT2D eigenvalue weighted by molar-refractivity contribution is 5.77. The van der Waals surface area contributed by atoms with Crippen LogP contribution in [0.25, 0.3) is 0 Å². The summed E-state index contributed by atoms with van der Waals surface area (Å²) >= 11 is 0. The molecule has 0 aliphatic carbocycles. The normalized spacial score (nSPS) is 11.1. The molecule has 0 bridgehead atoms. The van der Waals surface area contributed by atoms with Gasteiger partial charge in [0.1, 0.15) is 18.2 Å². The molecule has 2 aromatic carbocycles. The maximum atomic E-state index is 13.3. The molecule has 2 aromatic rings. The molecule has 1 N–H and O–H groups in total. The molecule has 0 unspecified atom stereocenters. The van der Waals surface area contributed by atoms with E-state index in [0.29, 0.717) is 6.07 Å². The van der Waals surface area contributed by atoms with Crippen LogP contribution in [0.2, 0.25) is 0 Å². The zero-order valence-corrected chi connectivity index (χ0v) is 13.3. The van der Waals surface area contributed by atoms with Crippen LogP contribution in [-0.4, -0.2) is 25.7 Å². The van der Waals surface area contributed by atoms with Crippen molar-refractivity contribution >= 4 is 5.91 Å². The van der Waals surface area contributed by atoms with Gasteiger partial charge in [-0.05, 0) is 30.3 Å². The van der Waals surface area contributed by atoms with Gasteiger partial charge in [0.15, 0.2) is 18.2 Å². The SMILES string of the molecule is O=C(COc1ccc(F)cc1F)NCCOc1cccc(C(F)(F)F)c1. The molecule has 0 atom stereocenters. The van der Waals surface area contributed by atoms with Crippen molar-refractivity contribution in [3.63, 3.8) is 0 Å². The molecule has 0 aliphatic rings. The average Bonchev–Trinajstić information content (AvgIpc) is 2.57. The number of carbonyl (C=O) groups is 1. The topological polar surface area (TPSA) is 47.6 Å². The number of hydrogen-bond acceptors (Lipinski definition) is 3. The highest BCUT2D eigenvalue weighted by Crippen LogP contribution is 2.31. The Morgan fingerprint density at radius 3 is 2.50 bits per heavy atom. The molecular weight excluding hydrogens is 361 g/mol. The second-order valence-electron chi connectivity index (χ2n) is 5.09. The van der Waals surface area contributed by atoms with Crippen molar-refractivity contribution < 1.29 is 36.2 Å². The van der Waals surface area contributed by atoms with Gasteiger partial charge in [-0.25, -0.2) is 8.78 Å². The van der Waals surface area contributed by atoms with E-state index >= 15 is 0 Å². The minimum absolute atomic E-state index is 0.00430. The Labute approximate surface area is 145 Å². The fourth-order valence-electron chi connectivity index (χ4n) is 1.91. The number of ether oxygens (including phenoxy) is 2. The molecule has 4 nitrogen and oxygen atoms in total. The van der Waals surface area contributed by atoms with Gasteiger partial charge in [-0.3, -0.25) is 4.79 Å². The Morgan fingerprint density at radius 1 is 1.04 bits per heavy atom. The molecule has 0 radical (unpaired) electrons. The van der Waals surface area contributed by atoms with Crippen LogP contribution >= 0.6 is 0 Å². The average molecular weight is 375 g/mol. The first-order valence-corrected chi connectivity index (χ1v) is 7.40. The molecule has 9 heteroatoms. The van der Waals surface area contributed by atoms with Crippen LogP contribution in [0.1, 0.15) is 5.56 Å². The zero-order valence-electron chi connectivity index (χ0n) is 13.3. The number of hydrogen-bond donors (Lipinski definition) is 1. The summed E-state index contributed by atoms with van der Waals surface area (Å²) in [5.74, 6) is -2.57. The third kappa shape index (κ3) is 5.91. The summed E-state index contributed by atoms with van der Waals surface area (Å²) in [5.41, 5.74) is -0.839. The number of carbonyl (C=O) groups excluding carboxylic acids is 1. The van der Waals surface area contributed by atoms with E-state index in [0.717, 1.165) is 24.3 Å². The van der Waals surface area contributed by atoms with E-state index in [1.54, 1.807) is 0 Å². The van der Waals surface area contributed by atoms with Gasteiger partial charge in [-0.1, -0.05) is 6.07 Å². The van der Waals surface area contributed by atoms with Gasteiger partial charge >= 0.3 is 6.18 Å². The monoisotopic (exact) mass is 375 g/mol. The first-order chi connectivity index (χ1) is 12.3. The van der Waals surface area contributed by atoms with E-state index in [-0.39, 0.29) is 24.7 Å². The van der Waals surface area contributed by atoms with Crippen LogP contribution in [0.3, 0.4) is 0 Å². The number of rotatable bonds is 7. The van der Waals surface area contributed by atoms with E-state index in [4.69, 9.17) is 9.47 Å². The van der Waals surface area contributed by atoms with Crippen LogP contribution in [0, 0.1) is 11.6 Å². The number of amides is 1. The minimum atomic E-state index is -4.47. The van der Waals surface area contributed by atoms with E-state index in [1.807, 2.05) is 0 Å². The van der Waals surface area contributed by atoms with Gasteiger partial charge in [-0.15, -0.1) is 0 Å². The second-order valence-corrected chi connectivity index (χ2v) is 5.09. The summed E-state index contributed by atoms with van der Waals surface area (Å²) in [5, 5.41) is 2.39. The fourth-order valence-corrected chi connectivity index (χ4v) is 1.91. The van der Waals surface area contributed by atoms with Crippen LogP contribution < -0.4 is 14.8 Å². The van der Waals surface area contributed by atoms with Crippen LogP contribution in [0.15, 0.2) is 42.5 Å². The van der Waals surface area contributed by atoms with Gasteiger partial charge in [0.2, 0.25) is 0 Å². The predicted molar refractivity (Wildman–Crippen MR) is 81.8 cm³/mol. The van der Waals surface area contributed by atoms with Gasteiger partial charge in [0, 0.05) is 6.07 Å². The second kappa shape index (κ2) is 8.50. The summed E-state index contributed by atoms with van der Waals surface area (Å²) < 4.78 is 73.8. The largest absolute Gasteiger partial charge is 0.492 e. The van der Waals surface area contributed by atoms with E-state index < -0.39 is 35.9 Å². The zero-order chi connectivity index (χ0) is 19.2. The van der Waals surface area contributed by atoms with Gasteiger partial charge in [-0.2, -0.15) is 13.2 Å². The summed E-state index contributed by atoms with van der Waals surface area (Å²) in [4.78, 5) is 11.6. The van der Waals surface area contributed by atoms with Crippen molar-refractivity contribution in [2.75, 3.05) is 19.8 Å². The van der Waals surface area contributed by atoms with Gasteiger partial charge in [0.25, 0.3) is 5.91 Å². The third-order valence-corrected chi connectivity index (χ3v) is 3.11. The fraction of sp³-hybridized carbons (Fsp3) is 0.235. The summed E-state index contributed by atoms with van der Waals surface area (Å²) in [7, 11) is 0. The van der Waals surface area contributed by atoms with Crippen LogP contribution in [0.4, 0.5) is 22.0 Å². The Morgan fingerprint density at radius 2 is 1.81 bits per heavy atom. The molecule has 26 heavy (non-hydrogen) atoms. The molecule has 0 fully saturated rings. The Balaban J connectivity index is 1.72. The molecule has 0 saturated carbocycles. The lowest BCUT2D eigenvalue weighted by atomic mass is 10.2. The van der Waals surface area contributed by atoms with Crippen molar-refractivity contribution in [1.82, 2.24) is 5.32 Å². The number of alkyl halides is 3. The van der Waals surface area contributed by atoms with E-state index in [2.05, 4.69) is 5.32 Å². The van der Waals surface area contributed by atoms with E-state index in [9.17, 15) is 26.7 Å². The van der Waals surface area contributed by atoms with Crippen molar-refractivity contribution in [1.29, 1.82) is 0 Å². The molecule has 0 saturated heterocycles. The minimum Gasteiger partial charge on any atom is -0.492 e. The molecule has 0 spiro atoms. The predicted octanol–water partition coefficient (Wildman–Crippen LogP) is 3.56. The molecule has 0 heterocycles. The molecular formula is C17H14F5NO3. The lowest BCUT2D eigenvalue weighted by molar-refractivity contribution is -0.137. The Kier molecular flexibility index (Phi) is 6.37. The highest BCUT2D eigenvalue weighted by atomic mass is 19.4. The standard InChI is InChI=1S/C17H14F5NO3/c18-12-4-5-15(14(19)9-12)26-10-16(24)23-6-7-25-13-3-1-2-11(8-13)17(20,21)22/h1-5,8-9H,6-7,10H2,(H,23,24).